The van der Waals surface area contributed by atoms with Crippen LogP contribution < -0.4 is 11.1 Å². The fraction of sp³-hybridized carbons (Fsp3) is 0.316. The number of carbonyl (C=O) groups excluding carboxylic acids is 1. The molecule has 3 rings (SSSR count). The van der Waals surface area contributed by atoms with Crippen LogP contribution in [0, 0.1) is 5.82 Å². The third-order valence-corrected chi connectivity index (χ3v) is 4.19. The van der Waals surface area contributed by atoms with Gasteiger partial charge in [0.15, 0.2) is 0 Å². The molecule has 0 spiro atoms. The van der Waals surface area contributed by atoms with Crippen molar-refractivity contribution in [2.75, 3.05) is 31.6 Å². The summed E-state index contributed by atoms with van der Waals surface area (Å²) < 4.78 is 19.0. The van der Waals surface area contributed by atoms with Crippen molar-refractivity contribution in [3.63, 3.8) is 0 Å². The normalized spacial score (nSPS) is 16.7. The number of hydrogen-bond acceptors (Lipinski definition) is 3. The highest BCUT2D eigenvalue weighted by molar-refractivity contribution is 5.90. The van der Waals surface area contributed by atoms with Gasteiger partial charge in [0.2, 0.25) is 0 Å². The molecule has 26 heavy (non-hydrogen) atoms. The summed E-state index contributed by atoms with van der Waals surface area (Å²) in [5, 5.41) is 2.91. The number of morpholine rings is 1. The molecule has 2 aromatic rings. The van der Waals surface area contributed by atoms with E-state index in [0.29, 0.717) is 31.9 Å². The van der Waals surface area contributed by atoms with Crippen molar-refractivity contribution in [3.05, 3.63) is 54.3 Å². The minimum Gasteiger partial charge on any atom is -0.374 e. The smallest absolute Gasteiger partial charge is 0.322 e. The van der Waals surface area contributed by atoms with E-state index in [1.54, 1.807) is 11.0 Å². The fourth-order valence-corrected chi connectivity index (χ4v) is 2.91. The zero-order valence-corrected chi connectivity index (χ0v) is 15.2. The second-order valence-electron chi connectivity index (χ2n) is 6.04. The Labute approximate surface area is 158 Å². The Morgan fingerprint density at radius 1 is 1.23 bits per heavy atom. The first-order valence-corrected chi connectivity index (χ1v) is 8.39. The average Bonchev–Trinajstić information content (AvgIpc) is 2.62. The van der Waals surface area contributed by atoms with Crippen LogP contribution >= 0.6 is 12.4 Å². The quantitative estimate of drug-likeness (QED) is 0.854. The van der Waals surface area contributed by atoms with Crippen LogP contribution in [0.1, 0.15) is 6.42 Å². The van der Waals surface area contributed by atoms with Crippen molar-refractivity contribution in [3.8, 4) is 11.1 Å². The number of amides is 2. The SMILES string of the molecule is Cl.NCCC1CN(C(=O)Nc2cccc(-c3cccc(F)c3)c2)CCO1. The summed E-state index contributed by atoms with van der Waals surface area (Å²) >= 11 is 0. The molecule has 3 N–H and O–H groups in total. The summed E-state index contributed by atoms with van der Waals surface area (Å²) in [7, 11) is 0. The molecule has 1 unspecified atom stereocenters. The summed E-state index contributed by atoms with van der Waals surface area (Å²) in [5.74, 6) is -0.286. The van der Waals surface area contributed by atoms with Gasteiger partial charge >= 0.3 is 6.03 Å². The van der Waals surface area contributed by atoms with Gasteiger partial charge in [-0.25, -0.2) is 9.18 Å². The molecule has 1 aliphatic heterocycles. The molecule has 2 aromatic carbocycles. The van der Waals surface area contributed by atoms with E-state index < -0.39 is 0 Å². The number of carbonyl (C=O) groups is 1. The Hall–Kier alpha value is -2.15. The predicted molar refractivity (Wildman–Crippen MR) is 103 cm³/mol. The molecule has 1 fully saturated rings. The number of nitrogens with one attached hydrogen (secondary N) is 1. The van der Waals surface area contributed by atoms with Gasteiger partial charge in [-0.1, -0.05) is 24.3 Å². The molecular weight excluding hydrogens is 357 g/mol. The van der Waals surface area contributed by atoms with Gasteiger partial charge in [0.25, 0.3) is 0 Å². The highest BCUT2D eigenvalue weighted by Gasteiger charge is 2.23. The first kappa shape index (κ1) is 20.2. The van der Waals surface area contributed by atoms with E-state index in [0.717, 1.165) is 17.5 Å². The number of nitrogens with two attached hydrogens (primary N) is 1. The molecule has 1 heterocycles. The molecule has 0 aliphatic carbocycles. The van der Waals surface area contributed by atoms with E-state index in [1.165, 1.54) is 12.1 Å². The average molecular weight is 380 g/mol. The van der Waals surface area contributed by atoms with Crippen molar-refractivity contribution >= 4 is 24.1 Å². The van der Waals surface area contributed by atoms with Crippen LogP contribution in [0.3, 0.4) is 0 Å². The van der Waals surface area contributed by atoms with E-state index in [1.807, 2.05) is 30.3 Å². The van der Waals surface area contributed by atoms with Crippen LogP contribution in [0.25, 0.3) is 11.1 Å². The Morgan fingerprint density at radius 2 is 1.96 bits per heavy atom. The number of benzene rings is 2. The third-order valence-electron chi connectivity index (χ3n) is 4.19. The van der Waals surface area contributed by atoms with Gasteiger partial charge < -0.3 is 20.7 Å². The number of urea groups is 1. The van der Waals surface area contributed by atoms with E-state index in [9.17, 15) is 9.18 Å². The van der Waals surface area contributed by atoms with E-state index in [2.05, 4.69) is 5.32 Å². The second kappa shape index (κ2) is 9.52. The van der Waals surface area contributed by atoms with E-state index in [4.69, 9.17) is 10.5 Å². The lowest BCUT2D eigenvalue weighted by Gasteiger charge is -2.32. The zero-order valence-electron chi connectivity index (χ0n) is 14.4. The Balaban J connectivity index is 0.00000243. The third kappa shape index (κ3) is 5.17. The first-order chi connectivity index (χ1) is 12.2. The molecule has 140 valence electrons. The van der Waals surface area contributed by atoms with Crippen molar-refractivity contribution in [2.24, 2.45) is 5.73 Å². The maximum absolute atomic E-state index is 13.4. The molecule has 1 saturated heterocycles. The predicted octanol–water partition coefficient (Wildman–Crippen LogP) is 3.50. The summed E-state index contributed by atoms with van der Waals surface area (Å²) in [6.07, 6.45) is 0.724. The minimum absolute atomic E-state index is 0. The summed E-state index contributed by atoms with van der Waals surface area (Å²) in [5.41, 5.74) is 7.85. The summed E-state index contributed by atoms with van der Waals surface area (Å²) in [6, 6.07) is 13.6. The molecule has 0 radical (unpaired) electrons. The van der Waals surface area contributed by atoms with Crippen LogP contribution in [0.4, 0.5) is 14.9 Å². The Bertz CT molecular complexity index is 742. The maximum Gasteiger partial charge on any atom is 0.322 e. The van der Waals surface area contributed by atoms with Crippen LogP contribution in [0.15, 0.2) is 48.5 Å². The van der Waals surface area contributed by atoms with E-state index >= 15 is 0 Å². The highest BCUT2D eigenvalue weighted by atomic mass is 35.5. The van der Waals surface area contributed by atoms with Gasteiger partial charge in [-0.15, -0.1) is 12.4 Å². The van der Waals surface area contributed by atoms with Gasteiger partial charge in [0.1, 0.15) is 5.82 Å². The van der Waals surface area contributed by atoms with Gasteiger partial charge in [0, 0.05) is 18.8 Å². The van der Waals surface area contributed by atoms with Crippen molar-refractivity contribution in [1.82, 2.24) is 4.90 Å². The fourth-order valence-electron chi connectivity index (χ4n) is 2.91. The second-order valence-corrected chi connectivity index (χ2v) is 6.04. The summed E-state index contributed by atoms with van der Waals surface area (Å²) in [4.78, 5) is 14.2. The van der Waals surface area contributed by atoms with Gasteiger partial charge in [-0.3, -0.25) is 0 Å². The molecule has 0 aromatic heterocycles. The van der Waals surface area contributed by atoms with Crippen molar-refractivity contribution < 1.29 is 13.9 Å². The van der Waals surface area contributed by atoms with Gasteiger partial charge in [0.05, 0.1) is 12.7 Å². The van der Waals surface area contributed by atoms with Crippen LogP contribution in [0.5, 0.6) is 0 Å². The number of hydrogen-bond donors (Lipinski definition) is 2. The maximum atomic E-state index is 13.4. The number of nitrogens with zero attached hydrogens (tertiary/aromatic N) is 1. The monoisotopic (exact) mass is 379 g/mol. The number of anilines is 1. The zero-order chi connectivity index (χ0) is 17.6. The van der Waals surface area contributed by atoms with Crippen LogP contribution in [-0.4, -0.2) is 43.3 Å². The largest absolute Gasteiger partial charge is 0.374 e. The van der Waals surface area contributed by atoms with Gasteiger partial charge in [-0.2, -0.15) is 0 Å². The number of rotatable bonds is 4. The molecule has 1 atom stereocenters. The molecule has 0 bridgehead atoms. The van der Waals surface area contributed by atoms with E-state index in [-0.39, 0.29) is 30.4 Å². The highest BCUT2D eigenvalue weighted by Crippen LogP contribution is 2.23. The van der Waals surface area contributed by atoms with Crippen LogP contribution in [-0.2, 0) is 4.74 Å². The lowest BCUT2D eigenvalue weighted by molar-refractivity contribution is -0.0146. The number of ether oxygens (including phenoxy) is 1. The van der Waals surface area contributed by atoms with Gasteiger partial charge in [-0.05, 0) is 48.4 Å². The lowest BCUT2D eigenvalue weighted by Crippen LogP contribution is -2.47. The molecule has 0 saturated carbocycles. The minimum atomic E-state index is -0.286. The Morgan fingerprint density at radius 3 is 2.69 bits per heavy atom. The van der Waals surface area contributed by atoms with Crippen molar-refractivity contribution in [2.45, 2.75) is 12.5 Å². The molecule has 2 amide bonds. The first-order valence-electron chi connectivity index (χ1n) is 8.39. The van der Waals surface area contributed by atoms with Crippen molar-refractivity contribution in [1.29, 1.82) is 0 Å². The molecule has 7 heteroatoms. The molecule has 5 nitrogen and oxygen atoms in total. The molecular formula is C19H23ClFN3O2. The molecule has 1 aliphatic rings. The Kier molecular flexibility index (Phi) is 7.38. The van der Waals surface area contributed by atoms with Crippen LogP contribution in [0.2, 0.25) is 0 Å². The standard InChI is InChI=1S/C19H22FN3O2.ClH/c20-16-5-1-3-14(11-16)15-4-2-6-17(12-15)22-19(24)23-9-10-25-18(13-23)7-8-21;/h1-6,11-12,18H,7-10,13,21H2,(H,22,24);1H. The number of halogens is 2. The topological polar surface area (TPSA) is 67.6 Å². The lowest BCUT2D eigenvalue weighted by atomic mass is 10.1. The summed E-state index contributed by atoms with van der Waals surface area (Å²) in [6.45, 7) is 2.14.